The number of ether oxygens (including phenoxy) is 1. The van der Waals surface area contributed by atoms with Crippen LogP contribution >= 0.6 is 0 Å². The third-order valence-electron chi connectivity index (χ3n) is 4.46. The van der Waals surface area contributed by atoms with E-state index in [-0.39, 0.29) is 18.3 Å². The Morgan fingerprint density at radius 2 is 2.04 bits per heavy atom. The molecule has 0 radical (unpaired) electrons. The smallest absolute Gasteiger partial charge is 0.410 e. The van der Waals surface area contributed by atoms with Gasteiger partial charge in [0, 0.05) is 26.2 Å². The van der Waals surface area contributed by atoms with Crippen LogP contribution in [-0.2, 0) is 20.5 Å². The Labute approximate surface area is 161 Å². The van der Waals surface area contributed by atoms with E-state index in [2.05, 4.69) is 0 Å². The Kier molecular flexibility index (Phi) is 6.50. The van der Waals surface area contributed by atoms with Crippen molar-refractivity contribution in [2.45, 2.75) is 51.0 Å². The van der Waals surface area contributed by atoms with Crippen molar-refractivity contribution in [2.75, 3.05) is 20.1 Å². The van der Waals surface area contributed by atoms with Gasteiger partial charge in [-0.05, 0) is 45.2 Å². The molecule has 0 saturated carbocycles. The highest BCUT2D eigenvalue weighted by atomic mass is 32.2. The van der Waals surface area contributed by atoms with Crippen LogP contribution in [0.15, 0.2) is 24.3 Å². The maximum atomic E-state index is 12.9. The Bertz CT molecular complexity index is 824. The van der Waals surface area contributed by atoms with Gasteiger partial charge in [0.05, 0.1) is 17.4 Å². The first-order valence-corrected chi connectivity index (χ1v) is 10.6. The normalized spacial score (nSPS) is 18.6. The van der Waals surface area contributed by atoms with Crippen molar-refractivity contribution in [3.8, 4) is 6.07 Å². The average molecular weight is 394 g/mol. The highest BCUT2D eigenvalue weighted by Gasteiger charge is 2.34. The fourth-order valence-electron chi connectivity index (χ4n) is 3.02. The van der Waals surface area contributed by atoms with E-state index >= 15 is 0 Å². The molecule has 1 aliphatic rings. The third-order valence-corrected chi connectivity index (χ3v) is 6.25. The van der Waals surface area contributed by atoms with Gasteiger partial charge < -0.3 is 9.64 Å². The lowest BCUT2D eigenvalue weighted by Gasteiger charge is -2.37. The van der Waals surface area contributed by atoms with Crippen molar-refractivity contribution in [3.05, 3.63) is 35.4 Å². The van der Waals surface area contributed by atoms with Gasteiger partial charge >= 0.3 is 6.09 Å². The van der Waals surface area contributed by atoms with Gasteiger partial charge in [0.2, 0.25) is 10.0 Å². The number of piperidine rings is 1. The van der Waals surface area contributed by atoms with Crippen molar-refractivity contribution in [2.24, 2.45) is 0 Å². The molecule has 0 N–H and O–H groups in total. The number of nitriles is 1. The first-order chi connectivity index (χ1) is 12.5. The molecule has 0 bridgehead atoms. The second-order valence-electron chi connectivity index (χ2n) is 7.77. The van der Waals surface area contributed by atoms with Gasteiger partial charge in [-0.1, -0.05) is 18.2 Å². The van der Waals surface area contributed by atoms with Crippen LogP contribution in [0.5, 0.6) is 0 Å². The quantitative estimate of drug-likeness (QED) is 0.784. The van der Waals surface area contributed by atoms with Crippen LogP contribution in [0.3, 0.4) is 0 Å². The number of amides is 1. The fraction of sp³-hybridized carbons (Fsp3) is 0.579. The maximum Gasteiger partial charge on any atom is 0.410 e. The van der Waals surface area contributed by atoms with E-state index in [4.69, 9.17) is 4.74 Å². The zero-order valence-corrected chi connectivity index (χ0v) is 17.1. The molecule has 2 rings (SSSR count). The van der Waals surface area contributed by atoms with E-state index in [1.807, 2.05) is 6.07 Å². The second kappa shape index (κ2) is 8.28. The molecule has 1 aliphatic heterocycles. The summed E-state index contributed by atoms with van der Waals surface area (Å²) in [6.45, 7) is 6.03. The van der Waals surface area contributed by atoms with Gasteiger partial charge in [-0.15, -0.1) is 0 Å². The van der Waals surface area contributed by atoms with E-state index < -0.39 is 21.7 Å². The molecule has 1 saturated heterocycles. The molecule has 0 aromatic heterocycles. The summed E-state index contributed by atoms with van der Waals surface area (Å²) in [7, 11) is -1.95. The predicted octanol–water partition coefficient (Wildman–Crippen LogP) is 2.72. The lowest BCUT2D eigenvalue weighted by molar-refractivity contribution is 0.0173. The molecule has 148 valence electrons. The van der Waals surface area contributed by atoms with Crippen LogP contribution < -0.4 is 0 Å². The van der Waals surface area contributed by atoms with Crippen molar-refractivity contribution in [3.63, 3.8) is 0 Å². The number of rotatable bonds is 4. The first-order valence-electron chi connectivity index (χ1n) is 8.95. The van der Waals surface area contributed by atoms with Gasteiger partial charge in [0.15, 0.2) is 0 Å². The van der Waals surface area contributed by atoms with Gasteiger partial charge in [0.1, 0.15) is 5.60 Å². The molecule has 1 aromatic rings. The van der Waals surface area contributed by atoms with E-state index in [1.165, 1.54) is 9.21 Å². The molecule has 1 heterocycles. The van der Waals surface area contributed by atoms with E-state index in [1.54, 1.807) is 52.1 Å². The number of carbonyl (C=O) groups excluding carboxylic acids is 1. The largest absolute Gasteiger partial charge is 0.444 e. The number of likely N-dealkylation sites (N-methyl/N-ethyl adjacent to an activating group) is 1. The molecule has 27 heavy (non-hydrogen) atoms. The summed E-state index contributed by atoms with van der Waals surface area (Å²) in [6.07, 6.45) is 0.926. The molecule has 0 aliphatic carbocycles. The van der Waals surface area contributed by atoms with Gasteiger partial charge in [-0.2, -0.15) is 9.57 Å². The van der Waals surface area contributed by atoms with Crippen LogP contribution in [0.2, 0.25) is 0 Å². The average Bonchev–Trinajstić information content (AvgIpc) is 2.60. The SMILES string of the molecule is CN(C(=O)OC(C)(C)C)[C@H]1CCCN(S(=O)(=O)Cc2ccccc2C#N)C1. The topological polar surface area (TPSA) is 90.7 Å². The zero-order chi connectivity index (χ0) is 20.2. The molecule has 8 heteroatoms. The van der Waals surface area contributed by atoms with Gasteiger partial charge in [0.25, 0.3) is 0 Å². The van der Waals surface area contributed by atoms with Crippen LogP contribution in [0.4, 0.5) is 4.79 Å². The first kappa shape index (κ1) is 21.2. The summed E-state index contributed by atoms with van der Waals surface area (Å²) in [5.74, 6) is -0.223. The molecule has 1 atom stereocenters. The van der Waals surface area contributed by atoms with Crippen molar-refractivity contribution in [1.82, 2.24) is 9.21 Å². The van der Waals surface area contributed by atoms with E-state index in [9.17, 15) is 18.5 Å². The minimum absolute atomic E-state index is 0.223. The van der Waals surface area contributed by atoms with Crippen LogP contribution in [0.25, 0.3) is 0 Å². The van der Waals surface area contributed by atoms with E-state index in [0.29, 0.717) is 24.1 Å². The second-order valence-corrected chi connectivity index (χ2v) is 9.74. The summed E-state index contributed by atoms with van der Waals surface area (Å²) in [5, 5.41) is 9.18. The van der Waals surface area contributed by atoms with Crippen molar-refractivity contribution < 1.29 is 17.9 Å². The monoisotopic (exact) mass is 393 g/mol. The number of sulfonamides is 1. The van der Waals surface area contributed by atoms with Crippen LogP contribution in [0.1, 0.15) is 44.7 Å². The Morgan fingerprint density at radius 1 is 1.37 bits per heavy atom. The van der Waals surface area contributed by atoms with Crippen molar-refractivity contribution >= 4 is 16.1 Å². The molecule has 0 unspecified atom stereocenters. The summed E-state index contributed by atoms with van der Waals surface area (Å²) in [4.78, 5) is 13.8. The number of hydrogen-bond acceptors (Lipinski definition) is 5. The minimum atomic E-state index is -3.59. The third kappa shape index (κ3) is 5.68. The van der Waals surface area contributed by atoms with Crippen molar-refractivity contribution in [1.29, 1.82) is 5.26 Å². The van der Waals surface area contributed by atoms with Gasteiger partial charge in [-0.3, -0.25) is 0 Å². The Morgan fingerprint density at radius 3 is 2.67 bits per heavy atom. The summed E-state index contributed by atoms with van der Waals surface area (Å²) >= 11 is 0. The number of carbonyl (C=O) groups is 1. The lowest BCUT2D eigenvalue weighted by atomic mass is 10.1. The van der Waals surface area contributed by atoms with Crippen LogP contribution in [-0.4, -0.2) is 55.5 Å². The van der Waals surface area contributed by atoms with Crippen LogP contribution in [0, 0.1) is 11.3 Å². The molecule has 0 spiro atoms. The maximum absolute atomic E-state index is 12.9. The molecule has 1 amide bonds. The molecule has 1 aromatic carbocycles. The molecule has 1 fully saturated rings. The van der Waals surface area contributed by atoms with E-state index in [0.717, 1.165) is 6.42 Å². The lowest BCUT2D eigenvalue weighted by Crippen LogP contribution is -2.51. The summed E-state index contributed by atoms with van der Waals surface area (Å²) in [5.41, 5.74) is 0.246. The zero-order valence-electron chi connectivity index (χ0n) is 16.3. The number of nitrogens with zero attached hydrogens (tertiary/aromatic N) is 3. The van der Waals surface area contributed by atoms with Gasteiger partial charge in [-0.25, -0.2) is 13.2 Å². The number of hydrogen-bond donors (Lipinski definition) is 0. The predicted molar refractivity (Wildman–Crippen MR) is 102 cm³/mol. The standard InChI is InChI=1S/C19H27N3O4S/c1-19(2,3)26-18(23)21(4)17-10-7-11-22(13-17)27(24,25)14-16-9-6-5-8-15(16)12-20/h5-6,8-9,17H,7,10-11,13-14H2,1-4H3/t17-/m0/s1. The number of benzene rings is 1. The Hall–Kier alpha value is -2.11. The highest BCUT2D eigenvalue weighted by molar-refractivity contribution is 7.88. The summed E-state index contributed by atoms with van der Waals surface area (Å²) < 4.78 is 32.5. The fourth-order valence-corrected chi connectivity index (χ4v) is 4.65. The summed E-state index contributed by atoms with van der Waals surface area (Å²) in [6, 6.07) is 8.49. The Balaban J connectivity index is 2.10. The molecule has 7 nitrogen and oxygen atoms in total. The highest BCUT2D eigenvalue weighted by Crippen LogP contribution is 2.22. The minimum Gasteiger partial charge on any atom is -0.444 e. The molecular formula is C19H27N3O4S. The molecular weight excluding hydrogens is 366 g/mol.